The van der Waals surface area contributed by atoms with Gasteiger partial charge in [-0.1, -0.05) is 30.2 Å². The van der Waals surface area contributed by atoms with Gasteiger partial charge in [-0.2, -0.15) is 0 Å². The molecule has 1 fully saturated rings. The lowest BCUT2D eigenvalue weighted by molar-refractivity contribution is -0.122. The van der Waals surface area contributed by atoms with E-state index in [1.165, 1.54) is 0 Å². The highest BCUT2D eigenvalue weighted by atomic mass is 16.1. The van der Waals surface area contributed by atoms with Crippen molar-refractivity contribution in [1.82, 2.24) is 9.97 Å². The van der Waals surface area contributed by atoms with Crippen LogP contribution in [0.15, 0.2) is 30.6 Å². The molecule has 1 amide bonds. The highest BCUT2D eigenvalue weighted by Crippen LogP contribution is 2.34. The predicted octanol–water partition coefficient (Wildman–Crippen LogP) is 3.26. The van der Waals surface area contributed by atoms with E-state index in [0.29, 0.717) is 5.69 Å². The fraction of sp³-hybridized carbons (Fsp3) is 0.389. The van der Waals surface area contributed by atoms with E-state index in [0.717, 1.165) is 41.9 Å². The highest BCUT2D eigenvalue weighted by Gasteiger charge is 2.27. The number of carbonyl (C=O) groups is 1. The number of aromatic nitrogens is 2. The van der Waals surface area contributed by atoms with Crippen LogP contribution in [0.2, 0.25) is 0 Å². The van der Waals surface area contributed by atoms with Crippen LogP contribution in [0.1, 0.15) is 24.8 Å². The molecule has 23 heavy (non-hydrogen) atoms. The van der Waals surface area contributed by atoms with Crippen molar-refractivity contribution in [2.45, 2.75) is 26.2 Å². The van der Waals surface area contributed by atoms with Crippen molar-refractivity contribution in [3.8, 4) is 11.3 Å². The van der Waals surface area contributed by atoms with Crippen molar-refractivity contribution in [2.24, 2.45) is 5.92 Å². The van der Waals surface area contributed by atoms with E-state index < -0.39 is 0 Å². The fourth-order valence-electron chi connectivity index (χ4n) is 2.74. The van der Waals surface area contributed by atoms with E-state index in [1.807, 2.05) is 44.1 Å². The van der Waals surface area contributed by atoms with Gasteiger partial charge in [0.15, 0.2) is 5.82 Å². The second-order valence-corrected chi connectivity index (χ2v) is 6.30. The maximum atomic E-state index is 12.4. The third kappa shape index (κ3) is 3.18. The molecule has 1 aliphatic rings. The Morgan fingerprint density at radius 1 is 1.26 bits per heavy atom. The van der Waals surface area contributed by atoms with Gasteiger partial charge >= 0.3 is 0 Å². The summed E-state index contributed by atoms with van der Waals surface area (Å²) < 4.78 is 0. The molecule has 0 bridgehead atoms. The minimum Gasteiger partial charge on any atom is -0.361 e. The number of rotatable bonds is 4. The maximum Gasteiger partial charge on any atom is 0.227 e. The Balaban J connectivity index is 2.04. The Morgan fingerprint density at radius 2 is 2.04 bits per heavy atom. The second kappa shape index (κ2) is 6.36. The number of amides is 1. The molecule has 0 saturated heterocycles. The summed E-state index contributed by atoms with van der Waals surface area (Å²) in [6, 6.07) is 8.12. The molecule has 0 spiro atoms. The summed E-state index contributed by atoms with van der Waals surface area (Å²) in [5.74, 6) is 0.919. The maximum absolute atomic E-state index is 12.4. The summed E-state index contributed by atoms with van der Waals surface area (Å²) in [5.41, 5.74) is 3.60. The Kier molecular flexibility index (Phi) is 4.28. The van der Waals surface area contributed by atoms with E-state index in [4.69, 9.17) is 0 Å². The summed E-state index contributed by atoms with van der Waals surface area (Å²) in [6.45, 7) is 2.05. The van der Waals surface area contributed by atoms with Crippen LogP contribution in [-0.4, -0.2) is 30.0 Å². The third-order valence-corrected chi connectivity index (χ3v) is 4.27. The first-order chi connectivity index (χ1) is 11.1. The SMILES string of the molecule is Cc1cccc(-c2ncnc(N(C)C)c2NC(=O)C2CCC2)c1. The van der Waals surface area contributed by atoms with E-state index in [-0.39, 0.29) is 11.8 Å². The van der Waals surface area contributed by atoms with Crippen LogP contribution in [0.3, 0.4) is 0 Å². The van der Waals surface area contributed by atoms with Crippen molar-refractivity contribution in [3.63, 3.8) is 0 Å². The molecule has 2 aromatic rings. The molecule has 1 aromatic carbocycles. The van der Waals surface area contributed by atoms with Gasteiger partial charge in [-0.25, -0.2) is 9.97 Å². The summed E-state index contributed by atoms with van der Waals surface area (Å²) in [7, 11) is 3.84. The van der Waals surface area contributed by atoms with Gasteiger partial charge in [0.25, 0.3) is 0 Å². The third-order valence-electron chi connectivity index (χ3n) is 4.27. The smallest absolute Gasteiger partial charge is 0.227 e. The zero-order valence-corrected chi connectivity index (χ0v) is 13.8. The second-order valence-electron chi connectivity index (χ2n) is 6.30. The van der Waals surface area contributed by atoms with Crippen molar-refractivity contribution < 1.29 is 4.79 Å². The first-order valence-corrected chi connectivity index (χ1v) is 7.96. The van der Waals surface area contributed by atoms with Crippen LogP contribution >= 0.6 is 0 Å². The molecule has 5 nitrogen and oxygen atoms in total. The molecule has 1 aromatic heterocycles. The fourth-order valence-corrected chi connectivity index (χ4v) is 2.74. The van der Waals surface area contributed by atoms with Crippen LogP contribution in [0.5, 0.6) is 0 Å². The molecule has 0 radical (unpaired) electrons. The number of hydrogen-bond acceptors (Lipinski definition) is 4. The molecular formula is C18H22N4O. The first-order valence-electron chi connectivity index (χ1n) is 7.96. The summed E-state index contributed by atoms with van der Waals surface area (Å²) in [5, 5.41) is 3.07. The summed E-state index contributed by atoms with van der Waals surface area (Å²) in [6.07, 6.45) is 4.62. The lowest BCUT2D eigenvalue weighted by Gasteiger charge is -2.26. The van der Waals surface area contributed by atoms with Crippen molar-refractivity contribution >= 4 is 17.4 Å². The van der Waals surface area contributed by atoms with E-state index >= 15 is 0 Å². The number of nitrogens with zero attached hydrogens (tertiary/aromatic N) is 3. The average Bonchev–Trinajstić information content (AvgIpc) is 2.45. The average molecular weight is 310 g/mol. The molecule has 120 valence electrons. The van der Waals surface area contributed by atoms with Crippen LogP contribution < -0.4 is 10.2 Å². The predicted molar refractivity (Wildman–Crippen MR) is 92.5 cm³/mol. The minimum absolute atomic E-state index is 0.0723. The van der Waals surface area contributed by atoms with Crippen LogP contribution in [-0.2, 0) is 4.79 Å². The Hall–Kier alpha value is -2.43. The Morgan fingerprint density at radius 3 is 2.65 bits per heavy atom. The van der Waals surface area contributed by atoms with Gasteiger partial charge in [-0.3, -0.25) is 4.79 Å². The summed E-state index contributed by atoms with van der Waals surface area (Å²) >= 11 is 0. The lowest BCUT2D eigenvalue weighted by atomic mass is 9.85. The monoisotopic (exact) mass is 310 g/mol. The summed E-state index contributed by atoms with van der Waals surface area (Å²) in [4.78, 5) is 23.1. The van der Waals surface area contributed by atoms with Crippen molar-refractivity contribution in [1.29, 1.82) is 0 Å². The van der Waals surface area contributed by atoms with Gasteiger partial charge in [0, 0.05) is 25.6 Å². The number of aryl methyl sites for hydroxylation is 1. The molecule has 0 unspecified atom stereocenters. The molecular weight excluding hydrogens is 288 g/mol. The van der Waals surface area contributed by atoms with Crippen LogP contribution in [0, 0.1) is 12.8 Å². The molecule has 3 rings (SSSR count). The van der Waals surface area contributed by atoms with Crippen LogP contribution in [0.4, 0.5) is 11.5 Å². The quantitative estimate of drug-likeness (QED) is 0.941. The Labute approximate surface area is 136 Å². The highest BCUT2D eigenvalue weighted by molar-refractivity contribution is 5.99. The van der Waals surface area contributed by atoms with E-state index in [2.05, 4.69) is 21.4 Å². The van der Waals surface area contributed by atoms with Crippen molar-refractivity contribution in [3.05, 3.63) is 36.2 Å². The molecule has 1 aliphatic carbocycles. The largest absolute Gasteiger partial charge is 0.361 e. The van der Waals surface area contributed by atoms with Gasteiger partial charge in [0.05, 0.1) is 5.69 Å². The standard InChI is InChI=1S/C18H22N4O/c1-12-6-4-9-14(10-12)15-16(17(22(2)3)20-11-19-15)21-18(23)13-7-5-8-13/h4,6,9-11,13H,5,7-8H2,1-3H3,(H,21,23). The number of carbonyl (C=O) groups excluding carboxylic acids is 1. The van der Waals surface area contributed by atoms with E-state index in [1.54, 1.807) is 6.33 Å². The minimum atomic E-state index is 0.0723. The molecule has 1 saturated carbocycles. The lowest BCUT2D eigenvalue weighted by Crippen LogP contribution is -2.29. The van der Waals surface area contributed by atoms with Gasteiger partial charge < -0.3 is 10.2 Å². The first kappa shape index (κ1) is 15.5. The zero-order chi connectivity index (χ0) is 16.4. The van der Waals surface area contributed by atoms with E-state index in [9.17, 15) is 4.79 Å². The van der Waals surface area contributed by atoms with Gasteiger partial charge in [0.2, 0.25) is 5.91 Å². The molecule has 0 aliphatic heterocycles. The molecule has 5 heteroatoms. The number of anilines is 2. The van der Waals surface area contributed by atoms with Gasteiger partial charge in [-0.05, 0) is 25.8 Å². The molecule has 0 atom stereocenters. The van der Waals surface area contributed by atoms with Crippen molar-refractivity contribution in [2.75, 3.05) is 24.3 Å². The number of hydrogen-bond donors (Lipinski definition) is 1. The zero-order valence-electron chi connectivity index (χ0n) is 13.8. The van der Waals surface area contributed by atoms with Gasteiger partial charge in [0.1, 0.15) is 12.0 Å². The Bertz CT molecular complexity index is 723. The normalized spacial score (nSPS) is 14.2. The molecule has 1 heterocycles. The number of nitrogens with one attached hydrogen (secondary N) is 1. The van der Waals surface area contributed by atoms with Crippen LogP contribution in [0.25, 0.3) is 11.3 Å². The van der Waals surface area contributed by atoms with Gasteiger partial charge in [-0.15, -0.1) is 0 Å². The topological polar surface area (TPSA) is 58.1 Å². The number of benzene rings is 1. The molecule has 1 N–H and O–H groups in total.